The van der Waals surface area contributed by atoms with E-state index in [1.165, 1.54) is 0 Å². The van der Waals surface area contributed by atoms with Crippen LogP contribution in [0.1, 0.15) is 20.3 Å². The van der Waals surface area contributed by atoms with E-state index in [2.05, 4.69) is 24.5 Å². The van der Waals surface area contributed by atoms with Gasteiger partial charge in [-0.2, -0.15) is 0 Å². The lowest BCUT2D eigenvalue weighted by Crippen LogP contribution is -2.56. The number of amides is 1. The largest absolute Gasteiger partial charge is 0.341 e. The molecule has 0 bridgehead atoms. The van der Waals surface area contributed by atoms with Crippen molar-refractivity contribution < 1.29 is 4.79 Å². The van der Waals surface area contributed by atoms with Gasteiger partial charge in [0.15, 0.2) is 0 Å². The molecule has 2 aliphatic heterocycles. The zero-order chi connectivity index (χ0) is 10.9. The molecule has 0 radical (unpaired) electrons. The van der Waals surface area contributed by atoms with Crippen LogP contribution in [0, 0.1) is 5.41 Å². The average molecular weight is 211 g/mol. The number of nitrogens with zero attached hydrogens (tertiary/aromatic N) is 1. The van der Waals surface area contributed by atoms with Gasteiger partial charge in [0.05, 0.1) is 6.04 Å². The highest BCUT2D eigenvalue weighted by molar-refractivity contribution is 5.82. The van der Waals surface area contributed by atoms with Gasteiger partial charge >= 0.3 is 0 Å². The van der Waals surface area contributed by atoms with E-state index in [1.807, 2.05) is 4.90 Å². The lowest BCUT2D eigenvalue weighted by molar-refractivity contribution is -0.132. The SMILES string of the molecule is CC1(C)CCN(C(=O)C2CNCCN2)C1. The third-order valence-corrected chi connectivity index (χ3v) is 3.33. The molecule has 0 aromatic carbocycles. The fraction of sp³-hybridized carbons (Fsp3) is 0.909. The van der Waals surface area contributed by atoms with Crippen LogP contribution in [-0.2, 0) is 4.79 Å². The predicted molar refractivity (Wildman–Crippen MR) is 59.6 cm³/mol. The first-order valence-electron chi connectivity index (χ1n) is 5.81. The van der Waals surface area contributed by atoms with Gasteiger partial charge in [-0.15, -0.1) is 0 Å². The van der Waals surface area contributed by atoms with Gasteiger partial charge in [0, 0.05) is 32.7 Å². The van der Waals surface area contributed by atoms with Gasteiger partial charge in [0.2, 0.25) is 5.91 Å². The Labute approximate surface area is 91.4 Å². The number of hydrogen-bond acceptors (Lipinski definition) is 3. The van der Waals surface area contributed by atoms with Gasteiger partial charge in [0.1, 0.15) is 0 Å². The van der Waals surface area contributed by atoms with Gasteiger partial charge in [-0.1, -0.05) is 13.8 Å². The van der Waals surface area contributed by atoms with Crippen LogP contribution in [0.2, 0.25) is 0 Å². The summed E-state index contributed by atoms with van der Waals surface area (Å²) in [7, 11) is 0. The Morgan fingerprint density at radius 3 is 2.73 bits per heavy atom. The molecular formula is C11H21N3O. The van der Waals surface area contributed by atoms with Gasteiger partial charge in [-0.3, -0.25) is 4.79 Å². The summed E-state index contributed by atoms with van der Waals surface area (Å²) in [6.07, 6.45) is 1.12. The second kappa shape index (κ2) is 4.10. The molecule has 0 aromatic heterocycles. The highest BCUT2D eigenvalue weighted by atomic mass is 16.2. The number of likely N-dealkylation sites (tertiary alicyclic amines) is 1. The summed E-state index contributed by atoms with van der Waals surface area (Å²) in [5, 5.41) is 6.52. The molecule has 0 spiro atoms. The van der Waals surface area contributed by atoms with Crippen LogP contribution < -0.4 is 10.6 Å². The summed E-state index contributed by atoms with van der Waals surface area (Å²) in [5.74, 6) is 0.271. The van der Waals surface area contributed by atoms with E-state index in [-0.39, 0.29) is 11.9 Å². The fourth-order valence-corrected chi connectivity index (χ4v) is 2.35. The standard InChI is InChI=1S/C11H21N3O/c1-11(2)3-6-14(8-11)10(15)9-7-12-4-5-13-9/h9,12-13H,3-8H2,1-2H3. The molecule has 86 valence electrons. The molecule has 0 aliphatic carbocycles. The molecule has 2 aliphatic rings. The molecule has 2 saturated heterocycles. The average Bonchev–Trinajstić information content (AvgIpc) is 2.59. The van der Waals surface area contributed by atoms with E-state index >= 15 is 0 Å². The van der Waals surface area contributed by atoms with Crippen molar-refractivity contribution in [2.45, 2.75) is 26.3 Å². The van der Waals surface area contributed by atoms with Gasteiger partial charge < -0.3 is 15.5 Å². The van der Waals surface area contributed by atoms with Crippen molar-refractivity contribution in [1.29, 1.82) is 0 Å². The van der Waals surface area contributed by atoms with Crippen LogP contribution in [0.25, 0.3) is 0 Å². The summed E-state index contributed by atoms with van der Waals surface area (Å²) in [5.41, 5.74) is 0.303. The van der Waals surface area contributed by atoms with Crippen molar-refractivity contribution in [2.75, 3.05) is 32.7 Å². The highest BCUT2D eigenvalue weighted by Crippen LogP contribution is 2.28. The normalized spacial score (nSPS) is 30.5. The van der Waals surface area contributed by atoms with E-state index in [4.69, 9.17) is 0 Å². The molecule has 4 nitrogen and oxygen atoms in total. The minimum absolute atomic E-state index is 0.00681. The monoisotopic (exact) mass is 211 g/mol. The lowest BCUT2D eigenvalue weighted by atomic mass is 9.93. The number of carbonyl (C=O) groups excluding carboxylic acids is 1. The van der Waals surface area contributed by atoms with Crippen LogP contribution in [0.5, 0.6) is 0 Å². The van der Waals surface area contributed by atoms with Gasteiger partial charge in [-0.25, -0.2) is 0 Å². The Hall–Kier alpha value is -0.610. The number of hydrogen-bond donors (Lipinski definition) is 2. The molecule has 1 unspecified atom stereocenters. The molecule has 2 N–H and O–H groups in total. The number of rotatable bonds is 1. The molecular weight excluding hydrogens is 190 g/mol. The predicted octanol–water partition coefficient (Wildman–Crippen LogP) is -0.194. The van der Waals surface area contributed by atoms with Gasteiger partial charge in [-0.05, 0) is 11.8 Å². The maximum Gasteiger partial charge on any atom is 0.241 e. The Balaban J connectivity index is 1.90. The summed E-state index contributed by atoms with van der Waals surface area (Å²) in [6, 6.07) is -0.00681. The summed E-state index contributed by atoms with van der Waals surface area (Å²) in [6.45, 7) is 8.92. The van der Waals surface area contributed by atoms with Crippen molar-refractivity contribution in [1.82, 2.24) is 15.5 Å². The maximum atomic E-state index is 12.1. The third-order valence-electron chi connectivity index (χ3n) is 3.33. The minimum atomic E-state index is -0.00681. The smallest absolute Gasteiger partial charge is 0.241 e. The van der Waals surface area contributed by atoms with E-state index in [0.717, 1.165) is 39.1 Å². The van der Waals surface area contributed by atoms with Crippen LogP contribution in [0.15, 0.2) is 0 Å². The molecule has 2 fully saturated rings. The highest BCUT2D eigenvalue weighted by Gasteiger charge is 2.35. The first-order chi connectivity index (χ1) is 7.08. The van der Waals surface area contributed by atoms with Crippen molar-refractivity contribution >= 4 is 5.91 Å². The lowest BCUT2D eigenvalue weighted by Gasteiger charge is -2.28. The van der Waals surface area contributed by atoms with E-state index in [1.54, 1.807) is 0 Å². The Kier molecular flexibility index (Phi) is 2.98. The summed E-state index contributed by atoms with van der Waals surface area (Å²) in [4.78, 5) is 14.1. The zero-order valence-corrected chi connectivity index (χ0v) is 9.68. The molecule has 4 heteroatoms. The van der Waals surface area contributed by atoms with Crippen LogP contribution >= 0.6 is 0 Å². The second-order valence-electron chi connectivity index (χ2n) is 5.38. The quantitative estimate of drug-likeness (QED) is 0.632. The molecule has 15 heavy (non-hydrogen) atoms. The van der Waals surface area contributed by atoms with E-state index in [9.17, 15) is 4.79 Å². The fourth-order valence-electron chi connectivity index (χ4n) is 2.35. The molecule has 0 saturated carbocycles. The van der Waals surface area contributed by atoms with E-state index in [0.29, 0.717) is 5.41 Å². The maximum absolute atomic E-state index is 12.1. The zero-order valence-electron chi connectivity index (χ0n) is 9.68. The first kappa shape index (κ1) is 10.9. The van der Waals surface area contributed by atoms with Crippen molar-refractivity contribution in [3.63, 3.8) is 0 Å². The number of carbonyl (C=O) groups is 1. The van der Waals surface area contributed by atoms with Crippen LogP contribution in [0.3, 0.4) is 0 Å². The summed E-state index contributed by atoms with van der Waals surface area (Å²) < 4.78 is 0. The molecule has 2 heterocycles. The topological polar surface area (TPSA) is 44.4 Å². The minimum Gasteiger partial charge on any atom is -0.341 e. The van der Waals surface area contributed by atoms with Crippen molar-refractivity contribution in [3.05, 3.63) is 0 Å². The number of piperazine rings is 1. The molecule has 0 aromatic rings. The first-order valence-corrected chi connectivity index (χ1v) is 5.81. The third kappa shape index (κ3) is 2.49. The van der Waals surface area contributed by atoms with Crippen molar-refractivity contribution in [3.8, 4) is 0 Å². The van der Waals surface area contributed by atoms with Crippen LogP contribution in [-0.4, -0.2) is 49.6 Å². The Morgan fingerprint density at radius 1 is 1.40 bits per heavy atom. The molecule has 2 rings (SSSR count). The Morgan fingerprint density at radius 2 is 2.20 bits per heavy atom. The molecule has 1 amide bonds. The van der Waals surface area contributed by atoms with Crippen LogP contribution in [0.4, 0.5) is 0 Å². The second-order valence-corrected chi connectivity index (χ2v) is 5.38. The molecule has 1 atom stereocenters. The number of nitrogens with one attached hydrogen (secondary N) is 2. The van der Waals surface area contributed by atoms with Gasteiger partial charge in [0.25, 0.3) is 0 Å². The van der Waals surface area contributed by atoms with Crippen molar-refractivity contribution in [2.24, 2.45) is 5.41 Å². The summed E-state index contributed by atoms with van der Waals surface area (Å²) >= 11 is 0. The Bertz CT molecular complexity index is 246. The van der Waals surface area contributed by atoms with E-state index < -0.39 is 0 Å².